The number of anilines is 1. The molecule has 0 unspecified atom stereocenters. The minimum atomic E-state index is -0.662. The molecule has 0 atom stereocenters. The highest BCUT2D eigenvalue weighted by atomic mass is 79.9. The number of carbonyl (C=O) groups is 1. The second-order valence-electron chi connectivity index (χ2n) is 3.96. The number of amides is 1. The van der Waals surface area contributed by atoms with Gasteiger partial charge in [0.15, 0.2) is 0 Å². The maximum Gasteiger partial charge on any atom is 0.252 e. The molecule has 0 bridgehead atoms. The van der Waals surface area contributed by atoms with Crippen LogP contribution >= 0.6 is 15.9 Å². The Morgan fingerprint density at radius 1 is 1.56 bits per heavy atom. The second-order valence-corrected chi connectivity index (χ2v) is 4.81. The van der Waals surface area contributed by atoms with E-state index in [2.05, 4.69) is 27.2 Å². The van der Waals surface area contributed by atoms with Crippen LogP contribution < -0.4 is 11.1 Å². The van der Waals surface area contributed by atoms with Crippen molar-refractivity contribution in [3.8, 4) is 12.3 Å². The van der Waals surface area contributed by atoms with Gasteiger partial charge in [-0.05, 0) is 48.0 Å². The molecule has 1 aromatic rings. The van der Waals surface area contributed by atoms with Crippen LogP contribution in [0.3, 0.4) is 0 Å². The lowest BCUT2D eigenvalue weighted by atomic mass is 10.1. The van der Waals surface area contributed by atoms with E-state index < -0.39 is 5.54 Å². The zero-order valence-corrected chi connectivity index (χ0v) is 10.8. The van der Waals surface area contributed by atoms with Crippen molar-refractivity contribution in [1.82, 2.24) is 5.32 Å². The van der Waals surface area contributed by atoms with Crippen LogP contribution in [0.15, 0.2) is 22.7 Å². The molecule has 1 aromatic carbocycles. The van der Waals surface area contributed by atoms with Gasteiger partial charge in [0.2, 0.25) is 0 Å². The quantitative estimate of drug-likeness (QED) is 0.645. The smallest absolute Gasteiger partial charge is 0.252 e. The van der Waals surface area contributed by atoms with E-state index in [4.69, 9.17) is 12.2 Å². The van der Waals surface area contributed by atoms with E-state index in [0.717, 1.165) is 0 Å². The van der Waals surface area contributed by atoms with Crippen LogP contribution in [-0.4, -0.2) is 11.4 Å². The second kappa shape index (κ2) is 4.58. The third-order valence-corrected chi connectivity index (χ3v) is 2.74. The SMILES string of the molecule is C#CC(C)(C)NC(=O)c1ccc(N)c(Br)c1. The van der Waals surface area contributed by atoms with Gasteiger partial charge in [0.25, 0.3) is 5.91 Å². The first-order valence-electron chi connectivity index (χ1n) is 4.71. The van der Waals surface area contributed by atoms with Gasteiger partial charge in [-0.2, -0.15) is 0 Å². The van der Waals surface area contributed by atoms with Gasteiger partial charge in [-0.1, -0.05) is 5.92 Å². The van der Waals surface area contributed by atoms with E-state index in [9.17, 15) is 4.79 Å². The third kappa shape index (κ3) is 3.01. The number of hydrogen-bond donors (Lipinski definition) is 2. The van der Waals surface area contributed by atoms with Gasteiger partial charge in [0.05, 0.1) is 5.54 Å². The van der Waals surface area contributed by atoms with Gasteiger partial charge in [-0.25, -0.2) is 0 Å². The van der Waals surface area contributed by atoms with E-state index in [1.54, 1.807) is 32.0 Å². The van der Waals surface area contributed by atoms with Crippen molar-refractivity contribution < 1.29 is 4.79 Å². The third-order valence-electron chi connectivity index (χ3n) is 2.05. The van der Waals surface area contributed by atoms with E-state index in [0.29, 0.717) is 15.7 Å². The standard InChI is InChI=1S/C12H13BrN2O/c1-4-12(2,3)15-11(16)8-5-6-10(14)9(13)7-8/h1,5-7H,14H2,2-3H3,(H,15,16). The van der Waals surface area contributed by atoms with Gasteiger partial charge >= 0.3 is 0 Å². The van der Waals surface area contributed by atoms with Crippen molar-refractivity contribution in [2.75, 3.05) is 5.73 Å². The summed E-state index contributed by atoms with van der Waals surface area (Å²) in [5, 5.41) is 2.73. The Morgan fingerprint density at radius 3 is 2.69 bits per heavy atom. The average Bonchev–Trinajstić information content (AvgIpc) is 2.21. The summed E-state index contributed by atoms with van der Waals surface area (Å²) in [4.78, 5) is 11.8. The summed E-state index contributed by atoms with van der Waals surface area (Å²) in [5.74, 6) is 2.28. The van der Waals surface area contributed by atoms with E-state index >= 15 is 0 Å². The molecule has 0 spiro atoms. The average molecular weight is 281 g/mol. The number of terminal acetylenes is 1. The van der Waals surface area contributed by atoms with Gasteiger partial charge < -0.3 is 11.1 Å². The molecular weight excluding hydrogens is 268 g/mol. The Bertz CT molecular complexity index is 461. The highest BCUT2D eigenvalue weighted by molar-refractivity contribution is 9.10. The summed E-state index contributed by atoms with van der Waals surface area (Å²) >= 11 is 3.27. The largest absolute Gasteiger partial charge is 0.398 e. The predicted octanol–water partition coefficient (Wildman–Crippen LogP) is 2.17. The molecule has 84 valence electrons. The van der Waals surface area contributed by atoms with Crippen molar-refractivity contribution in [3.63, 3.8) is 0 Å². The summed E-state index contributed by atoms with van der Waals surface area (Å²) in [6.07, 6.45) is 5.29. The van der Waals surface area contributed by atoms with Crippen molar-refractivity contribution in [3.05, 3.63) is 28.2 Å². The first kappa shape index (κ1) is 12.6. The van der Waals surface area contributed by atoms with Crippen molar-refractivity contribution in [1.29, 1.82) is 0 Å². The highest BCUT2D eigenvalue weighted by Gasteiger charge is 2.18. The first-order valence-corrected chi connectivity index (χ1v) is 5.50. The molecular formula is C12H13BrN2O. The number of nitrogens with two attached hydrogens (primary N) is 1. The maximum atomic E-state index is 11.8. The Morgan fingerprint density at radius 2 is 2.19 bits per heavy atom. The van der Waals surface area contributed by atoms with E-state index in [1.165, 1.54) is 0 Å². The van der Waals surface area contributed by atoms with Crippen LogP contribution in [-0.2, 0) is 0 Å². The number of benzene rings is 1. The van der Waals surface area contributed by atoms with E-state index in [-0.39, 0.29) is 5.91 Å². The lowest BCUT2D eigenvalue weighted by Crippen LogP contribution is -2.42. The Kier molecular flexibility index (Phi) is 3.61. The zero-order valence-electron chi connectivity index (χ0n) is 9.17. The van der Waals surface area contributed by atoms with Crippen LogP contribution in [0.4, 0.5) is 5.69 Å². The molecule has 0 fully saturated rings. The molecule has 1 rings (SSSR count). The molecule has 0 saturated heterocycles. The summed E-state index contributed by atoms with van der Waals surface area (Å²) in [6.45, 7) is 3.52. The first-order chi connectivity index (χ1) is 7.35. The molecule has 3 N–H and O–H groups in total. The Balaban J connectivity index is 2.91. The summed E-state index contributed by atoms with van der Waals surface area (Å²) in [5.41, 5.74) is 6.08. The van der Waals surface area contributed by atoms with Crippen LogP contribution in [0.1, 0.15) is 24.2 Å². The molecule has 4 heteroatoms. The molecule has 16 heavy (non-hydrogen) atoms. The number of carbonyl (C=O) groups excluding carboxylic acids is 1. The molecule has 1 amide bonds. The van der Waals surface area contributed by atoms with Gasteiger partial charge in [-0.15, -0.1) is 6.42 Å². The fourth-order valence-corrected chi connectivity index (χ4v) is 1.44. The van der Waals surface area contributed by atoms with E-state index in [1.807, 2.05) is 0 Å². The number of nitrogens with one attached hydrogen (secondary N) is 1. The molecule has 0 heterocycles. The lowest BCUT2D eigenvalue weighted by molar-refractivity contribution is 0.0930. The van der Waals surface area contributed by atoms with Crippen molar-refractivity contribution >= 4 is 27.5 Å². The Labute approximate surface area is 104 Å². The molecule has 0 aliphatic heterocycles. The molecule has 0 aliphatic rings. The van der Waals surface area contributed by atoms with Gasteiger partial charge in [0.1, 0.15) is 0 Å². The molecule has 3 nitrogen and oxygen atoms in total. The molecule has 0 radical (unpaired) electrons. The van der Waals surface area contributed by atoms with Gasteiger partial charge in [0, 0.05) is 15.7 Å². The summed E-state index contributed by atoms with van der Waals surface area (Å²) in [7, 11) is 0. The van der Waals surface area contributed by atoms with Crippen LogP contribution in [0, 0.1) is 12.3 Å². The van der Waals surface area contributed by atoms with Crippen LogP contribution in [0.5, 0.6) is 0 Å². The summed E-state index contributed by atoms with van der Waals surface area (Å²) in [6, 6.07) is 4.99. The topological polar surface area (TPSA) is 55.1 Å². The number of halogens is 1. The normalized spacial score (nSPS) is 10.6. The van der Waals surface area contributed by atoms with Crippen molar-refractivity contribution in [2.45, 2.75) is 19.4 Å². The fourth-order valence-electron chi connectivity index (χ4n) is 1.06. The Hall–Kier alpha value is -1.47. The predicted molar refractivity (Wildman–Crippen MR) is 68.9 cm³/mol. The van der Waals surface area contributed by atoms with Crippen LogP contribution in [0.2, 0.25) is 0 Å². The molecule has 0 aliphatic carbocycles. The zero-order chi connectivity index (χ0) is 12.3. The number of rotatable bonds is 2. The maximum absolute atomic E-state index is 11.8. The molecule has 0 aromatic heterocycles. The van der Waals surface area contributed by atoms with Crippen LogP contribution in [0.25, 0.3) is 0 Å². The number of hydrogen-bond acceptors (Lipinski definition) is 2. The highest BCUT2D eigenvalue weighted by Crippen LogP contribution is 2.20. The number of nitrogen functional groups attached to an aromatic ring is 1. The monoisotopic (exact) mass is 280 g/mol. The summed E-state index contributed by atoms with van der Waals surface area (Å²) < 4.78 is 0.693. The lowest BCUT2D eigenvalue weighted by Gasteiger charge is -2.19. The fraction of sp³-hybridized carbons (Fsp3) is 0.250. The molecule has 0 saturated carbocycles. The minimum absolute atomic E-state index is 0.219. The van der Waals surface area contributed by atoms with Crippen molar-refractivity contribution in [2.24, 2.45) is 0 Å². The van der Waals surface area contributed by atoms with Gasteiger partial charge in [-0.3, -0.25) is 4.79 Å². The minimum Gasteiger partial charge on any atom is -0.398 e.